The van der Waals surface area contributed by atoms with Crippen LogP contribution in [0.5, 0.6) is 5.75 Å². The third-order valence-corrected chi connectivity index (χ3v) is 2.66. The summed E-state index contributed by atoms with van der Waals surface area (Å²) >= 11 is 0. The number of phenols is 1. The van der Waals surface area contributed by atoms with Crippen molar-refractivity contribution in [3.63, 3.8) is 0 Å². The average molecular weight is 237 g/mol. The van der Waals surface area contributed by atoms with E-state index in [0.29, 0.717) is 19.3 Å². The van der Waals surface area contributed by atoms with Crippen molar-refractivity contribution >= 4 is 5.97 Å². The molecule has 0 bridgehead atoms. The van der Waals surface area contributed by atoms with Crippen LogP contribution in [0.25, 0.3) is 0 Å². The maximum atomic E-state index is 11.0. The maximum absolute atomic E-state index is 11.0. The van der Waals surface area contributed by atoms with Crippen molar-refractivity contribution in [2.45, 2.75) is 32.2 Å². The van der Waals surface area contributed by atoms with Gasteiger partial charge >= 0.3 is 5.97 Å². The van der Waals surface area contributed by atoms with Crippen LogP contribution in [0.1, 0.15) is 24.0 Å². The number of phenolic OH excluding ortho intramolecular Hbond substituents is 1. The summed E-state index contributed by atoms with van der Waals surface area (Å²) in [6.07, 6.45) is 1.43. The number of carbonyl (C=O) groups excluding carboxylic acids is 1. The maximum Gasteiger partial charge on any atom is 0.305 e. The molecule has 4 heteroatoms. The van der Waals surface area contributed by atoms with Crippen LogP contribution in [0.2, 0.25) is 0 Å². The molecule has 0 saturated heterocycles. The Hall–Kier alpha value is -1.55. The van der Waals surface area contributed by atoms with Crippen molar-refractivity contribution in [1.82, 2.24) is 0 Å². The summed E-state index contributed by atoms with van der Waals surface area (Å²) in [5, 5.41) is 9.66. The lowest BCUT2D eigenvalue weighted by atomic mass is 10.0. The predicted octanol–water partition coefficient (Wildman–Crippen LogP) is 1.52. The molecule has 94 valence electrons. The first-order valence-electron chi connectivity index (χ1n) is 5.64. The fourth-order valence-electron chi connectivity index (χ4n) is 1.67. The van der Waals surface area contributed by atoms with Crippen LogP contribution in [-0.2, 0) is 16.0 Å². The number of benzene rings is 1. The molecule has 3 N–H and O–H groups in total. The molecule has 0 aromatic heterocycles. The van der Waals surface area contributed by atoms with E-state index < -0.39 is 0 Å². The summed E-state index contributed by atoms with van der Waals surface area (Å²) in [7, 11) is 1.36. The summed E-state index contributed by atoms with van der Waals surface area (Å²) in [5.74, 6) is -0.00182. The fourth-order valence-corrected chi connectivity index (χ4v) is 1.67. The van der Waals surface area contributed by atoms with Gasteiger partial charge in [-0.05, 0) is 31.4 Å². The molecule has 0 spiro atoms. The van der Waals surface area contributed by atoms with E-state index >= 15 is 0 Å². The van der Waals surface area contributed by atoms with Gasteiger partial charge in [0.05, 0.1) is 7.11 Å². The quantitative estimate of drug-likeness (QED) is 0.762. The van der Waals surface area contributed by atoms with Crippen LogP contribution in [0.4, 0.5) is 0 Å². The fraction of sp³-hybridized carbons (Fsp3) is 0.462. The highest BCUT2D eigenvalue weighted by atomic mass is 16.5. The minimum Gasteiger partial charge on any atom is -0.508 e. The van der Waals surface area contributed by atoms with Crippen molar-refractivity contribution in [2.75, 3.05) is 7.11 Å². The van der Waals surface area contributed by atoms with Gasteiger partial charge in [-0.25, -0.2) is 0 Å². The topological polar surface area (TPSA) is 72.5 Å². The second kappa shape index (κ2) is 6.25. The molecule has 0 saturated carbocycles. The molecule has 0 amide bonds. The van der Waals surface area contributed by atoms with E-state index in [-0.39, 0.29) is 17.8 Å². The van der Waals surface area contributed by atoms with Gasteiger partial charge in [0, 0.05) is 12.5 Å². The molecular formula is C13H19NO3. The number of carbonyl (C=O) groups is 1. The van der Waals surface area contributed by atoms with Crippen LogP contribution in [0, 0.1) is 6.92 Å². The minimum atomic E-state index is -0.256. The largest absolute Gasteiger partial charge is 0.508 e. The van der Waals surface area contributed by atoms with Crippen molar-refractivity contribution in [1.29, 1.82) is 0 Å². The number of hydrogen-bond acceptors (Lipinski definition) is 4. The first-order chi connectivity index (χ1) is 8.02. The van der Waals surface area contributed by atoms with Gasteiger partial charge in [0.1, 0.15) is 5.75 Å². The zero-order valence-electron chi connectivity index (χ0n) is 10.3. The summed E-state index contributed by atoms with van der Waals surface area (Å²) in [5.41, 5.74) is 7.81. The Balaban J connectivity index is 2.52. The molecule has 17 heavy (non-hydrogen) atoms. The van der Waals surface area contributed by atoms with Gasteiger partial charge in [-0.2, -0.15) is 0 Å². The van der Waals surface area contributed by atoms with Crippen LogP contribution >= 0.6 is 0 Å². The van der Waals surface area contributed by atoms with Crippen molar-refractivity contribution in [3.05, 3.63) is 29.3 Å². The Morgan fingerprint density at radius 2 is 2.24 bits per heavy atom. The summed E-state index contributed by atoms with van der Waals surface area (Å²) in [6.45, 7) is 1.96. The number of esters is 1. The SMILES string of the molecule is COC(=O)CCC(N)Cc1cc(C)ccc1O. The minimum absolute atomic E-state index is 0.151. The van der Waals surface area contributed by atoms with Gasteiger partial charge in [-0.15, -0.1) is 0 Å². The number of hydrogen-bond donors (Lipinski definition) is 2. The highest BCUT2D eigenvalue weighted by Crippen LogP contribution is 2.20. The average Bonchev–Trinajstić information content (AvgIpc) is 2.30. The molecule has 0 fully saturated rings. The van der Waals surface area contributed by atoms with E-state index in [2.05, 4.69) is 4.74 Å². The smallest absolute Gasteiger partial charge is 0.305 e. The molecule has 0 radical (unpaired) electrons. The van der Waals surface area contributed by atoms with Crippen molar-refractivity contribution < 1.29 is 14.6 Å². The molecule has 1 unspecified atom stereocenters. The predicted molar refractivity (Wildman–Crippen MR) is 65.8 cm³/mol. The van der Waals surface area contributed by atoms with Gasteiger partial charge in [0.25, 0.3) is 0 Å². The number of ether oxygens (including phenoxy) is 1. The second-order valence-electron chi connectivity index (χ2n) is 4.21. The molecule has 4 nitrogen and oxygen atoms in total. The lowest BCUT2D eigenvalue weighted by molar-refractivity contribution is -0.140. The molecule has 0 aliphatic heterocycles. The third-order valence-electron chi connectivity index (χ3n) is 2.66. The molecule has 1 aromatic rings. The number of nitrogens with two attached hydrogens (primary N) is 1. The Bertz CT molecular complexity index is 390. The Morgan fingerprint density at radius 3 is 2.88 bits per heavy atom. The van der Waals surface area contributed by atoms with Crippen LogP contribution in [0.3, 0.4) is 0 Å². The van der Waals surface area contributed by atoms with Gasteiger partial charge in [-0.1, -0.05) is 17.7 Å². The molecule has 1 aromatic carbocycles. The number of methoxy groups -OCH3 is 1. The summed E-state index contributed by atoms with van der Waals surface area (Å²) < 4.78 is 4.55. The van der Waals surface area contributed by atoms with E-state index in [0.717, 1.165) is 11.1 Å². The molecule has 0 aliphatic carbocycles. The van der Waals surface area contributed by atoms with Gasteiger partial charge < -0.3 is 15.6 Å². The lowest BCUT2D eigenvalue weighted by Gasteiger charge is -2.12. The van der Waals surface area contributed by atoms with Gasteiger partial charge in [-0.3, -0.25) is 4.79 Å². The zero-order chi connectivity index (χ0) is 12.8. The Morgan fingerprint density at radius 1 is 1.53 bits per heavy atom. The highest BCUT2D eigenvalue weighted by Gasteiger charge is 2.10. The van der Waals surface area contributed by atoms with Crippen LogP contribution in [0.15, 0.2) is 18.2 Å². The number of rotatable bonds is 5. The van der Waals surface area contributed by atoms with Crippen molar-refractivity contribution in [3.8, 4) is 5.75 Å². The van der Waals surface area contributed by atoms with E-state index in [1.165, 1.54) is 7.11 Å². The summed E-state index contributed by atoms with van der Waals surface area (Å²) in [4.78, 5) is 11.0. The van der Waals surface area contributed by atoms with E-state index in [1.54, 1.807) is 6.07 Å². The monoisotopic (exact) mass is 237 g/mol. The molecule has 1 rings (SSSR count). The molecular weight excluding hydrogens is 218 g/mol. The first-order valence-corrected chi connectivity index (χ1v) is 5.64. The van der Waals surface area contributed by atoms with E-state index in [1.807, 2.05) is 19.1 Å². The van der Waals surface area contributed by atoms with E-state index in [9.17, 15) is 9.90 Å². The lowest BCUT2D eigenvalue weighted by Crippen LogP contribution is -2.24. The summed E-state index contributed by atoms with van der Waals surface area (Å²) in [6, 6.07) is 5.27. The standard InChI is InChI=1S/C13H19NO3/c1-9-3-5-12(15)10(7-9)8-11(14)4-6-13(16)17-2/h3,5,7,11,15H,4,6,8,14H2,1-2H3. The first kappa shape index (κ1) is 13.5. The van der Waals surface area contributed by atoms with Gasteiger partial charge in [0.2, 0.25) is 0 Å². The van der Waals surface area contributed by atoms with E-state index in [4.69, 9.17) is 5.73 Å². The van der Waals surface area contributed by atoms with Crippen LogP contribution < -0.4 is 5.73 Å². The Labute approximate surface area is 101 Å². The van der Waals surface area contributed by atoms with Crippen LogP contribution in [-0.4, -0.2) is 24.2 Å². The zero-order valence-corrected chi connectivity index (χ0v) is 10.3. The van der Waals surface area contributed by atoms with Gasteiger partial charge in [0.15, 0.2) is 0 Å². The molecule has 0 heterocycles. The normalized spacial score (nSPS) is 12.2. The molecule has 1 atom stereocenters. The third kappa shape index (κ3) is 4.44. The Kier molecular flexibility index (Phi) is 4.97. The number of aryl methyl sites for hydroxylation is 1. The second-order valence-corrected chi connectivity index (χ2v) is 4.21. The molecule has 0 aliphatic rings. The number of aromatic hydroxyl groups is 1. The van der Waals surface area contributed by atoms with Crippen molar-refractivity contribution in [2.24, 2.45) is 5.73 Å². The highest BCUT2D eigenvalue weighted by molar-refractivity contribution is 5.69.